The van der Waals surface area contributed by atoms with Crippen LogP contribution in [0.2, 0.25) is 5.02 Å². The van der Waals surface area contributed by atoms with Crippen molar-refractivity contribution in [2.45, 2.75) is 31.9 Å². The summed E-state index contributed by atoms with van der Waals surface area (Å²) in [6.07, 6.45) is -1.23. The highest BCUT2D eigenvalue weighted by Crippen LogP contribution is 2.22. The normalized spacial score (nSPS) is 17.5. The SMILES string of the molecule is C[C@@H](OC(=O)CC[C@@H]1NC(=O)NC1=O)C(=O)Nc1ccc(F)cc1Cl. The molecule has 1 aliphatic rings. The van der Waals surface area contributed by atoms with E-state index in [9.17, 15) is 23.6 Å². The third-order valence-electron chi connectivity index (χ3n) is 3.36. The molecule has 2 atom stereocenters. The third-order valence-corrected chi connectivity index (χ3v) is 3.67. The number of anilines is 1. The lowest BCUT2D eigenvalue weighted by Gasteiger charge is -2.14. The number of urea groups is 1. The van der Waals surface area contributed by atoms with Gasteiger partial charge in [-0.2, -0.15) is 0 Å². The molecule has 0 bridgehead atoms. The molecule has 2 rings (SSSR count). The van der Waals surface area contributed by atoms with Crippen LogP contribution in [0.4, 0.5) is 14.9 Å². The van der Waals surface area contributed by atoms with Gasteiger partial charge >= 0.3 is 12.0 Å². The quantitative estimate of drug-likeness (QED) is 0.516. The molecule has 0 aromatic heterocycles. The molecule has 1 saturated heterocycles. The second-order valence-corrected chi connectivity index (χ2v) is 5.71. The van der Waals surface area contributed by atoms with Gasteiger partial charge in [-0.15, -0.1) is 0 Å². The minimum absolute atomic E-state index is 0.00913. The summed E-state index contributed by atoms with van der Waals surface area (Å²) in [7, 11) is 0. The first-order valence-corrected chi connectivity index (χ1v) is 7.71. The number of halogens is 2. The minimum Gasteiger partial charge on any atom is -0.453 e. The number of esters is 1. The van der Waals surface area contributed by atoms with Crippen LogP contribution in [0, 0.1) is 5.82 Å². The van der Waals surface area contributed by atoms with E-state index in [1.807, 2.05) is 5.32 Å². The largest absolute Gasteiger partial charge is 0.453 e. The number of benzene rings is 1. The van der Waals surface area contributed by atoms with Crippen molar-refractivity contribution in [2.24, 2.45) is 0 Å². The predicted molar refractivity (Wildman–Crippen MR) is 85.3 cm³/mol. The summed E-state index contributed by atoms with van der Waals surface area (Å²) in [6, 6.07) is 2.02. The van der Waals surface area contributed by atoms with Gasteiger partial charge in [0.2, 0.25) is 0 Å². The van der Waals surface area contributed by atoms with Crippen molar-refractivity contribution in [1.82, 2.24) is 10.6 Å². The number of ether oxygens (including phenoxy) is 1. The van der Waals surface area contributed by atoms with Crippen LogP contribution in [0.1, 0.15) is 19.8 Å². The average Bonchev–Trinajstić information content (AvgIpc) is 2.85. The van der Waals surface area contributed by atoms with E-state index >= 15 is 0 Å². The molecule has 0 saturated carbocycles. The number of rotatable bonds is 6. The molecular formula is C15H15ClFN3O5. The number of amides is 4. The lowest BCUT2D eigenvalue weighted by molar-refractivity contribution is -0.153. The third kappa shape index (κ3) is 5.15. The first-order valence-electron chi connectivity index (χ1n) is 7.33. The molecule has 1 heterocycles. The van der Waals surface area contributed by atoms with E-state index in [1.54, 1.807) is 0 Å². The Kier molecular flexibility index (Phi) is 5.92. The Hall–Kier alpha value is -2.68. The zero-order chi connectivity index (χ0) is 18.6. The Morgan fingerprint density at radius 3 is 2.72 bits per heavy atom. The van der Waals surface area contributed by atoms with Crippen molar-refractivity contribution in [3.63, 3.8) is 0 Å². The molecule has 8 nitrogen and oxygen atoms in total. The Labute approximate surface area is 147 Å². The smallest absolute Gasteiger partial charge is 0.322 e. The maximum Gasteiger partial charge on any atom is 0.322 e. The van der Waals surface area contributed by atoms with E-state index in [2.05, 4.69) is 10.6 Å². The molecule has 1 aromatic rings. The molecule has 1 aromatic carbocycles. The van der Waals surface area contributed by atoms with Crippen molar-refractivity contribution < 1.29 is 28.3 Å². The molecule has 4 amide bonds. The van der Waals surface area contributed by atoms with Gasteiger partial charge < -0.3 is 15.4 Å². The van der Waals surface area contributed by atoms with Gasteiger partial charge in [-0.1, -0.05) is 11.6 Å². The van der Waals surface area contributed by atoms with E-state index in [1.165, 1.54) is 13.0 Å². The van der Waals surface area contributed by atoms with Gasteiger partial charge in [-0.3, -0.25) is 19.7 Å². The number of carbonyl (C=O) groups is 4. The van der Waals surface area contributed by atoms with Gasteiger partial charge in [0.15, 0.2) is 6.10 Å². The predicted octanol–water partition coefficient (Wildman–Crippen LogP) is 1.34. The van der Waals surface area contributed by atoms with Crippen molar-refractivity contribution >= 4 is 41.1 Å². The van der Waals surface area contributed by atoms with E-state index in [4.69, 9.17) is 16.3 Å². The second kappa shape index (κ2) is 7.93. The highest BCUT2D eigenvalue weighted by molar-refractivity contribution is 6.33. The number of carbonyl (C=O) groups excluding carboxylic acids is 4. The summed E-state index contributed by atoms with van der Waals surface area (Å²) in [5.74, 6) is -2.42. The van der Waals surface area contributed by atoms with Gasteiger partial charge in [0.25, 0.3) is 11.8 Å². The van der Waals surface area contributed by atoms with Gasteiger partial charge in [0.05, 0.1) is 10.7 Å². The molecular weight excluding hydrogens is 357 g/mol. The number of imide groups is 1. The molecule has 0 unspecified atom stereocenters. The van der Waals surface area contributed by atoms with E-state index < -0.39 is 41.8 Å². The molecule has 0 aliphatic carbocycles. The fourth-order valence-electron chi connectivity index (χ4n) is 2.06. The summed E-state index contributed by atoms with van der Waals surface area (Å²) in [4.78, 5) is 46.0. The number of nitrogens with one attached hydrogen (secondary N) is 3. The average molecular weight is 372 g/mol. The maximum atomic E-state index is 13.0. The summed E-state index contributed by atoms with van der Waals surface area (Å²) in [6.45, 7) is 1.36. The van der Waals surface area contributed by atoms with Crippen LogP contribution in [-0.2, 0) is 19.1 Å². The molecule has 25 heavy (non-hydrogen) atoms. The molecule has 10 heteroatoms. The monoisotopic (exact) mass is 371 g/mol. The van der Waals surface area contributed by atoms with E-state index in [0.717, 1.165) is 12.1 Å². The summed E-state index contributed by atoms with van der Waals surface area (Å²) in [5.41, 5.74) is 0.182. The molecule has 3 N–H and O–H groups in total. The molecule has 1 fully saturated rings. The Bertz CT molecular complexity index is 727. The lowest BCUT2D eigenvalue weighted by atomic mass is 10.1. The van der Waals surface area contributed by atoms with Gasteiger partial charge in [0, 0.05) is 6.42 Å². The van der Waals surface area contributed by atoms with Gasteiger partial charge in [-0.05, 0) is 31.5 Å². The first kappa shape index (κ1) is 18.7. The topological polar surface area (TPSA) is 114 Å². The Morgan fingerprint density at radius 2 is 2.12 bits per heavy atom. The molecule has 1 aliphatic heterocycles. The minimum atomic E-state index is -1.12. The molecule has 0 spiro atoms. The fourth-order valence-corrected chi connectivity index (χ4v) is 2.27. The van der Waals surface area contributed by atoms with Crippen LogP contribution in [0.3, 0.4) is 0 Å². The van der Waals surface area contributed by atoms with Crippen LogP contribution < -0.4 is 16.0 Å². The van der Waals surface area contributed by atoms with Gasteiger partial charge in [-0.25, -0.2) is 9.18 Å². The highest BCUT2D eigenvalue weighted by Gasteiger charge is 2.30. The first-order chi connectivity index (χ1) is 11.8. The van der Waals surface area contributed by atoms with Crippen LogP contribution in [-0.4, -0.2) is 36.0 Å². The summed E-state index contributed by atoms with van der Waals surface area (Å²) < 4.78 is 17.9. The van der Waals surface area contributed by atoms with Crippen molar-refractivity contribution in [2.75, 3.05) is 5.32 Å². The van der Waals surface area contributed by atoms with Crippen molar-refractivity contribution in [3.8, 4) is 0 Å². The fraction of sp³-hybridized carbons (Fsp3) is 0.333. The van der Waals surface area contributed by atoms with Crippen LogP contribution >= 0.6 is 11.6 Å². The van der Waals surface area contributed by atoms with Crippen LogP contribution in [0.25, 0.3) is 0 Å². The summed E-state index contributed by atoms with van der Waals surface area (Å²) >= 11 is 5.80. The van der Waals surface area contributed by atoms with Gasteiger partial charge in [0.1, 0.15) is 11.9 Å². The summed E-state index contributed by atoms with van der Waals surface area (Å²) in [5, 5.41) is 6.81. The number of hydrogen-bond acceptors (Lipinski definition) is 5. The molecule has 0 radical (unpaired) electrons. The highest BCUT2D eigenvalue weighted by atomic mass is 35.5. The van der Waals surface area contributed by atoms with Crippen molar-refractivity contribution in [3.05, 3.63) is 29.0 Å². The van der Waals surface area contributed by atoms with E-state index in [-0.39, 0.29) is 23.6 Å². The van der Waals surface area contributed by atoms with Crippen LogP contribution in [0.15, 0.2) is 18.2 Å². The van der Waals surface area contributed by atoms with E-state index in [0.29, 0.717) is 0 Å². The maximum absolute atomic E-state index is 13.0. The Balaban J connectivity index is 1.80. The van der Waals surface area contributed by atoms with Crippen molar-refractivity contribution in [1.29, 1.82) is 0 Å². The zero-order valence-electron chi connectivity index (χ0n) is 13.1. The van der Waals surface area contributed by atoms with Crippen LogP contribution in [0.5, 0.6) is 0 Å². The second-order valence-electron chi connectivity index (χ2n) is 5.30. The standard InChI is InChI=1S/C15H15ClFN3O5/c1-7(13(22)18-10-3-2-8(17)6-9(10)16)25-12(21)5-4-11-14(23)20-15(24)19-11/h2-3,6-7,11H,4-5H2,1H3,(H,18,22)(H2,19,20,23,24)/t7-,11+/m1/s1. The number of hydrogen-bond donors (Lipinski definition) is 3. The lowest BCUT2D eigenvalue weighted by Crippen LogP contribution is -2.32. The zero-order valence-corrected chi connectivity index (χ0v) is 13.9. The Morgan fingerprint density at radius 1 is 1.40 bits per heavy atom. The molecule has 134 valence electrons.